The number of nitrogens with one attached hydrogen (secondary N) is 2. The zero-order valence-corrected chi connectivity index (χ0v) is 20.5. The number of carbonyl (C=O) groups is 3. The predicted molar refractivity (Wildman–Crippen MR) is 132 cm³/mol. The van der Waals surface area contributed by atoms with Gasteiger partial charge in [0.05, 0.1) is 12.5 Å². The number of amides is 2. The highest BCUT2D eigenvalue weighted by Crippen LogP contribution is 2.44. The maximum atomic E-state index is 12.6. The lowest BCUT2D eigenvalue weighted by molar-refractivity contribution is -0.140. The van der Waals surface area contributed by atoms with Gasteiger partial charge in [0.15, 0.2) is 0 Å². The summed E-state index contributed by atoms with van der Waals surface area (Å²) in [7, 11) is 0. The predicted octanol–water partition coefficient (Wildman–Crippen LogP) is 3.94. The molecule has 1 aliphatic rings. The van der Waals surface area contributed by atoms with Crippen LogP contribution in [0.2, 0.25) is 0 Å². The molecule has 2 aromatic rings. The lowest BCUT2D eigenvalue weighted by Crippen LogP contribution is -2.44. The summed E-state index contributed by atoms with van der Waals surface area (Å²) >= 11 is 0. The van der Waals surface area contributed by atoms with Crippen molar-refractivity contribution in [3.05, 3.63) is 59.7 Å². The molecule has 0 spiro atoms. The SMILES string of the molecule is CCOC(CNC(=O)C[C@@H](NC(=O)OCC1c2ccccc2-c2ccccc21)C(C)C)CC(=O)O. The first kappa shape index (κ1) is 26.2. The first-order valence-electron chi connectivity index (χ1n) is 12.0. The fourth-order valence-electron chi connectivity index (χ4n) is 4.36. The lowest BCUT2D eigenvalue weighted by atomic mass is 9.98. The molecule has 35 heavy (non-hydrogen) atoms. The second-order valence-corrected chi connectivity index (χ2v) is 9.00. The van der Waals surface area contributed by atoms with Gasteiger partial charge in [0.2, 0.25) is 5.91 Å². The van der Waals surface area contributed by atoms with Crippen LogP contribution in [0.5, 0.6) is 0 Å². The number of hydrogen-bond donors (Lipinski definition) is 3. The van der Waals surface area contributed by atoms with E-state index in [1.165, 1.54) is 0 Å². The van der Waals surface area contributed by atoms with E-state index in [2.05, 4.69) is 34.9 Å². The summed E-state index contributed by atoms with van der Waals surface area (Å²) in [6, 6.07) is 15.8. The molecule has 0 aromatic heterocycles. The van der Waals surface area contributed by atoms with Crippen molar-refractivity contribution in [1.82, 2.24) is 10.6 Å². The quantitative estimate of drug-likeness (QED) is 0.422. The summed E-state index contributed by atoms with van der Waals surface area (Å²) in [5.74, 6) is -1.34. The fourth-order valence-corrected chi connectivity index (χ4v) is 4.36. The first-order chi connectivity index (χ1) is 16.8. The van der Waals surface area contributed by atoms with Gasteiger partial charge in [-0.2, -0.15) is 0 Å². The van der Waals surface area contributed by atoms with Crippen LogP contribution in [0, 0.1) is 5.92 Å². The van der Waals surface area contributed by atoms with Crippen LogP contribution in [0.4, 0.5) is 4.79 Å². The third kappa shape index (κ3) is 7.05. The second-order valence-electron chi connectivity index (χ2n) is 9.00. The van der Waals surface area contributed by atoms with Crippen molar-refractivity contribution in [2.75, 3.05) is 19.8 Å². The minimum absolute atomic E-state index is 0.0112. The molecule has 0 aliphatic heterocycles. The Morgan fingerprint density at radius 2 is 1.57 bits per heavy atom. The largest absolute Gasteiger partial charge is 0.481 e. The summed E-state index contributed by atoms with van der Waals surface area (Å²) in [5.41, 5.74) is 4.57. The zero-order chi connectivity index (χ0) is 25.4. The number of rotatable bonds is 12. The van der Waals surface area contributed by atoms with Gasteiger partial charge in [-0.05, 0) is 35.1 Å². The third-order valence-corrected chi connectivity index (χ3v) is 6.19. The maximum absolute atomic E-state index is 12.6. The molecular formula is C27H34N2O6. The highest BCUT2D eigenvalue weighted by atomic mass is 16.5. The minimum atomic E-state index is -0.991. The minimum Gasteiger partial charge on any atom is -0.481 e. The van der Waals surface area contributed by atoms with E-state index in [0.717, 1.165) is 22.3 Å². The van der Waals surface area contributed by atoms with Crippen molar-refractivity contribution < 1.29 is 29.0 Å². The number of aliphatic carboxylic acids is 1. The molecule has 2 atom stereocenters. The Labute approximate surface area is 206 Å². The van der Waals surface area contributed by atoms with Crippen LogP contribution in [0.15, 0.2) is 48.5 Å². The van der Waals surface area contributed by atoms with Crippen molar-refractivity contribution in [2.24, 2.45) is 5.92 Å². The standard InChI is InChI=1S/C27H34N2O6/c1-4-34-18(13-26(31)32)15-28-25(30)14-24(17(2)3)29-27(33)35-16-23-21-11-7-5-9-19(21)20-10-6-8-12-22(20)23/h5-12,17-18,23-24H,4,13-16H2,1-3H3,(H,28,30)(H,29,33)(H,31,32)/t18?,24-/m1/s1. The normalized spacial score (nSPS) is 14.1. The number of carboxylic acid groups (broad SMARTS) is 1. The van der Waals surface area contributed by atoms with Gasteiger partial charge in [-0.1, -0.05) is 62.4 Å². The molecular weight excluding hydrogens is 448 g/mol. The van der Waals surface area contributed by atoms with Gasteiger partial charge in [0, 0.05) is 31.5 Å². The topological polar surface area (TPSA) is 114 Å². The van der Waals surface area contributed by atoms with E-state index in [1.807, 2.05) is 38.1 Å². The number of ether oxygens (including phenoxy) is 2. The average molecular weight is 483 g/mol. The summed E-state index contributed by atoms with van der Waals surface area (Å²) in [5, 5.41) is 14.5. The molecule has 8 nitrogen and oxygen atoms in total. The van der Waals surface area contributed by atoms with Crippen LogP contribution in [0.3, 0.4) is 0 Å². The van der Waals surface area contributed by atoms with Crippen LogP contribution in [0.1, 0.15) is 50.7 Å². The molecule has 0 radical (unpaired) electrons. The summed E-state index contributed by atoms with van der Waals surface area (Å²) < 4.78 is 11.0. The number of alkyl carbamates (subject to hydrolysis) is 1. The van der Waals surface area contributed by atoms with E-state index in [0.29, 0.717) is 6.61 Å². The number of benzene rings is 2. The Morgan fingerprint density at radius 3 is 2.11 bits per heavy atom. The van der Waals surface area contributed by atoms with Crippen LogP contribution in [-0.4, -0.2) is 55.0 Å². The van der Waals surface area contributed by atoms with Gasteiger partial charge in [-0.15, -0.1) is 0 Å². The smallest absolute Gasteiger partial charge is 0.407 e. The zero-order valence-electron chi connectivity index (χ0n) is 20.5. The molecule has 0 bridgehead atoms. The monoisotopic (exact) mass is 482 g/mol. The Bertz CT molecular complexity index is 992. The molecule has 0 saturated carbocycles. The van der Waals surface area contributed by atoms with Crippen molar-refractivity contribution >= 4 is 18.0 Å². The van der Waals surface area contributed by atoms with Crippen molar-refractivity contribution in [3.63, 3.8) is 0 Å². The van der Waals surface area contributed by atoms with Crippen LogP contribution in [0.25, 0.3) is 11.1 Å². The van der Waals surface area contributed by atoms with Gasteiger partial charge in [-0.3, -0.25) is 9.59 Å². The number of fused-ring (bicyclic) bond motifs is 3. The molecule has 8 heteroatoms. The van der Waals surface area contributed by atoms with E-state index in [-0.39, 0.29) is 43.7 Å². The Hall–Kier alpha value is -3.39. The lowest BCUT2D eigenvalue weighted by Gasteiger charge is -2.23. The van der Waals surface area contributed by atoms with Gasteiger partial charge in [0.25, 0.3) is 0 Å². The van der Waals surface area contributed by atoms with E-state index < -0.39 is 24.2 Å². The second kappa shape index (κ2) is 12.4. The number of carboxylic acids is 1. The van der Waals surface area contributed by atoms with Crippen molar-refractivity contribution in [1.29, 1.82) is 0 Å². The molecule has 1 aliphatic carbocycles. The van der Waals surface area contributed by atoms with Gasteiger partial charge < -0.3 is 25.2 Å². The number of carbonyl (C=O) groups excluding carboxylic acids is 2. The van der Waals surface area contributed by atoms with Crippen molar-refractivity contribution in [2.45, 2.75) is 51.7 Å². The molecule has 2 amide bonds. The fraction of sp³-hybridized carbons (Fsp3) is 0.444. The van der Waals surface area contributed by atoms with Crippen LogP contribution in [-0.2, 0) is 19.1 Å². The van der Waals surface area contributed by atoms with E-state index in [1.54, 1.807) is 6.92 Å². The maximum Gasteiger partial charge on any atom is 0.407 e. The van der Waals surface area contributed by atoms with E-state index in [9.17, 15) is 14.4 Å². The van der Waals surface area contributed by atoms with E-state index in [4.69, 9.17) is 14.6 Å². The molecule has 0 fully saturated rings. The molecule has 188 valence electrons. The Morgan fingerprint density at radius 1 is 0.971 bits per heavy atom. The van der Waals surface area contributed by atoms with Gasteiger partial charge in [0.1, 0.15) is 6.61 Å². The molecule has 3 rings (SSSR count). The highest BCUT2D eigenvalue weighted by molar-refractivity contribution is 5.79. The number of hydrogen-bond acceptors (Lipinski definition) is 5. The van der Waals surface area contributed by atoms with E-state index >= 15 is 0 Å². The summed E-state index contributed by atoms with van der Waals surface area (Å²) in [4.78, 5) is 36.1. The molecule has 1 unspecified atom stereocenters. The van der Waals surface area contributed by atoms with Gasteiger partial charge in [-0.25, -0.2) is 4.79 Å². The van der Waals surface area contributed by atoms with Gasteiger partial charge >= 0.3 is 12.1 Å². The Balaban J connectivity index is 1.54. The van der Waals surface area contributed by atoms with Crippen LogP contribution >= 0.6 is 0 Å². The average Bonchev–Trinajstić information content (AvgIpc) is 3.14. The summed E-state index contributed by atoms with van der Waals surface area (Å²) in [6.07, 6.45) is -1.32. The first-order valence-corrected chi connectivity index (χ1v) is 12.0. The molecule has 0 saturated heterocycles. The third-order valence-electron chi connectivity index (χ3n) is 6.19. The highest BCUT2D eigenvalue weighted by Gasteiger charge is 2.29. The van der Waals surface area contributed by atoms with Crippen molar-refractivity contribution in [3.8, 4) is 11.1 Å². The molecule has 3 N–H and O–H groups in total. The molecule has 0 heterocycles. The van der Waals surface area contributed by atoms with Crippen LogP contribution < -0.4 is 10.6 Å². The molecule has 2 aromatic carbocycles. The summed E-state index contributed by atoms with van der Waals surface area (Å²) in [6.45, 7) is 6.23. The Kier molecular flexibility index (Phi) is 9.25.